The first-order valence-corrected chi connectivity index (χ1v) is 8.71. The highest BCUT2D eigenvalue weighted by molar-refractivity contribution is 6.32. The fourth-order valence-electron chi connectivity index (χ4n) is 2.90. The summed E-state index contributed by atoms with van der Waals surface area (Å²) in [5.41, 5.74) is 0.753. The highest BCUT2D eigenvalue weighted by Crippen LogP contribution is 2.21. The molecule has 1 unspecified atom stereocenters. The Morgan fingerprint density at radius 2 is 2.16 bits per heavy atom. The summed E-state index contributed by atoms with van der Waals surface area (Å²) < 4.78 is 1.70. The quantitative estimate of drug-likeness (QED) is 0.881. The molecule has 6 nitrogen and oxygen atoms in total. The lowest BCUT2D eigenvalue weighted by Gasteiger charge is -2.31. The van der Waals surface area contributed by atoms with Crippen LogP contribution >= 0.6 is 24.0 Å². The standard InChI is InChI=1S/C17H22ClN5O.ClH/c1-3-6-15-20-16(17(24)22-10-9-19-12(2)11-22)21-23(15)14-8-5-4-7-13(14)18;/h4-5,7-8,12,19H,3,6,9-11H2,1-2H3;1H. The van der Waals surface area contributed by atoms with Crippen molar-refractivity contribution >= 4 is 29.9 Å². The zero-order chi connectivity index (χ0) is 17.1. The van der Waals surface area contributed by atoms with Crippen LogP contribution in [0.3, 0.4) is 0 Å². The highest BCUT2D eigenvalue weighted by Gasteiger charge is 2.26. The molecule has 0 aliphatic carbocycles. The van der Waals surface area contributed by atoms with Crippen molar-refractivity contribution in [2.75, 3.05) is 19.6 Å². The Morgan fingerprint density at radius 1 is 1.40 bits per heavy atom. The van der Waals surface area contributed by atoms with E-state index in [1.165, 1.54) is 0 Å². The lowest BCUT2D eigenvalue weighted by molar-refractivity contribution is 0.0696. The molecule has 25 heavy (non-hydrogen) atoms. The molecule has 3 rings (SSSR count). The molecule has 2 aromatic rings. The Bertz CT molecular complexity index is 734. The number of piperazine rings is 1. The van der Waals surface area contributed by atoms with E-state index in [1.54, 1.807) is 4.68 Å². The fourth-order valence-corrected chi connectivity index (χ4v) is 3.11. The van der Waals surface area contributed by atoms with Gasteiger partial charge in [0.25, 0.3) is 5.91 Å². The molecule has 1 aliphatic rings. The number of para-hydroxylation sites is 1. The monoisotopic (exact) mass is 383 g/mol. The number of amides is 1. The summed E-state index contributed by atoms with van der Waals surface area (Å²) in [6, 6.07) is 7.75. The summed E-state index contributed by atoms with van der Waals surface area (Å²) in [7, 11) is 0. The van der Waals surface area contributed by atoms with Crippen molar-refractivity contribution in [1.82, 2.24) is 25.0 Å². The number of carbonyl (C=O) groups is 1. The summed E-state index contributed by atoms with van der Waals surface area (Å²) >= 11 is 6.30. The number of nitrogens with zero attached hydrogens (tertiary/aromatic N) is 4. The second-order valence-electron chi connectivity index (χ2n) is 6.07. The van der Waals surface area contributed by atoms with E-state index in [9.17, 15) is 4.79 Å². The first-order valence-electron chi connectivity index (χ1n) is 8.33. The van der Waals surface area contributed by atoms with E-state index in [0.717, 1.165) is 30.9 Å². The van der Waals surface area contributed by atoms with Gasteiger partial charge in [0.15, 0.2) is 0 Å². The Labute approximate surface area is 159 Å². The van der Waals surface area contributed by atoms with Crippen molar-refractivity contribution in [3.05, 3.63) is 40.9 Å². The predicted molar refractivity (Wildman–Crippen MR) is 101 cm³/mol. The van der Waals surface area contributed by atoms with Crippen LogP contribution in [0.4, 0.5) is 0 Å². The molecular formula is C17H23Cl2N5O. The molecule has 1 aromatic heterocycles. The van der Waals surface area contributed by atoms with Gasteiger partial charge in [0.05, 0.1) is 10.7 Å². The second kappa shape index (κ2) is 8.65. The van der Waals surface area contributed by atoms with Crippen LogP contribution in [0.15, 0.2) is 24.3 Å². The molecule has 0 spiro atoms. The van der Waals surface area contributed by atoms with Crippen LogP contribution in [0.25, 0.3) is 5.69 Å². The zero-order valence-electron chi connectivity index (χ0n) is 14.4. The van der Waals surface area contributed by atoms with Crippen molar-refractivity contribution < 1.29 is 4.79 Å². The van der Waals surface area contributed by atoms with Gasteiger partial charge in [-0.2, -0.15) is 0 Å². The summed E-state index contributed by atoms with van der Waals surface area (Å²) in [6.45, 7) is 6.28. The number of aryl methyl sites for hydroxylation is 1. The number of nitrogens with one attached hydrogen (secondary N) is 1. The number of benzene rings is 1. The zero-order valence-corrected chi connectivity index (χ0v) is 16.0. The van der Waals surface area contributed by atoms with Crippen molar-refractivity contribution in [3.8, 4) is 5.69 Å². The molecule has 1 aromatic carbocycles. The third-order valence-corrected chi connectivity index (χ3v) is 4.40. The molecule has 1 amide bonds. The van der Waals surface area contributed by atoms with Gasteiger partial charge in [-0.3, -0.25) is 4.79 Å². The highest BCUT2D eigenvalue weighted by atomic mass is 35.5. The summed E-state index contributed by atoms with van der Waals surface area (Å²) in [6.07, 6.45) is 1.66. The summed E-state index contributed by atoms with van der Waals surface area (Å²) in [5, 5.41) is 8.39. The first kappa shape index (κ1) is 19.7. The lowest BCUT2D eigenvalue weighted by atomic mass is 10.2. The van der Waals surface area contributed by atoms with Gasteiger partial charge in [-0.1, -0.05) is 30.7 Å². The smallest absolute Gasteiger partial charge is 0.293 e. The van der Waals surface area contributed by atoms with Gasteiger partial charge in [0.1, 0.15) is 5.82 Å². The minimum Gasteiger partial charge on any atom is -0.333 e. The Morgan fingerprint density at radius 3 is 2.84 bits per heavy atom. The normalized spacial score (nSPS) is 17.2. The molecule has 1 fully saturated rings. The molecule has 0 saturated carbocycles. The van der Waals surface area contributed by atoms with Crippen molar-refractivity contribution in [1.29, 1.82) is 0 Å². The maximum absolute atomic E-state index is 12.8. The number of hydrogen-bond donors (Lipinski definition) is 1. The van der Waals surface area contributed by atoms with Gasteiger partial charge in [-0.25, -0.2) is 9.67 Å². The van der Waals surface area contributed by atoms with Crippen LogP contribution < -0.4 is 5.32 Å². The first-order chi connectivity index (χ1) is 11.6. The minimum atomic E-state index is -0.119. The van der Waals surface area contributed by atoms with Crippen LogP contribution in [0.5, 0.6) is 0 Å². The topological polar surface area (TPSA) is 63.1 Å². The maximum atomic E-state index is 12.8. The van der Waals surface area contributed by atoms with E-state index in [2.05, 4.69) is 29.2 Å². The maximum Gasteiger partial charge on any atom is 0.293 e. The largest absolute Gasteiger partial charge is 0.333 e. The molecule has 1 atom stereocenters. The summed E-state index contributed by atoms with van der Waals surface area (Å²) in [4.78, 5) is 19.1. The van der Waals surface area contributed by atoms with Gasteiger partial charge in [-0.05, 0) is 25.5 Å². The van der Waals surface area contributed by atoms with E-state index >= 15 is 0 Å². The molecule has 0 radical (unpaired) electrons. The Hall–Kier alpha value is -1.63. The average molecular weight is 384 g/mol. The van der Waals surface area contributed by atoms with Gasteiger partial charge >= 0.3 is 0 Å². The molecule has 136 valence electrons. The van der Waals surface area contributed by atoms with Gasteiger partial charge in [0, 0.05) is 32.1 Å². The van der Waals surface area contributed by atoms with Crippen molar-refractivity contribution in [2.24, 2.45) is 0 Å². The third kappa shape index (κ3) is 4.32. The Kier molecular flexibility index (Phi) is 6.81. The van der Waals surface area contributed by atoms with Gasteiger partial charge in [-0.15, -0.1) is 17.5 Å². The number of rotatable bonds is 4. The summed E-state index contributed by atoms with van der Waals surface area (Å²) in [5.74, 6) is 0.885. The molecule has 0 bridgehead atoms. The molecule has 1 aliphatic heterocycles. The van der Waals surface area contributed by atoms with Crippen molar-refractivity contribution in [2.45, 2.75) is 32.7 Å². The third-order valence-electron chi connectivity index (χ3n) is 4.08. The SMILES string of the molecule is CCCc1nc(C(=O)N2CCNC(C)C2)nn1-c1ccccc1Cl.Cl. The van der Waals surface area contributed by atoms with Crippen LogP contribution in [0.2, 0.25) is 5.02 Å². The minimum absolute atomic E-state index is 0. The van der Waals surface area contributed by atoms with E-state index < -0.39 is 0 Å². The number of hydrogen-bond acceptors (Lipinski definition) is 4. The molecule has 1 saturated heterocycles. The van der Waals surface area contributed by atoms with E-state index in [4.69, 9.17) is 11.6 Å². The van der Waals surface area contributed by atoms with Crippen LogP contribution in [0.1, 0.15) is 36.7 Å². The predicted octanol–water partition coefficient (Wildman–Crippen LogP) is 2.73. The fraction of sp³-hybridized carbons (Fsp3) is 0.471. The van der Waals surface area contributed by atoms with E-state index in [0.29, 0.717) is 18.1 Å². The van der Waals surface area contributed by atoms with E-state index in [1.807, 2.05) is 29.2 Å². The van der Waals surface area contributed by atoms with Crippen LogP contribution in [0, 0.1) is 0 Å². The van der Waals surface area contributed by atoms with E-state index in [-0.39, 0.29) is 30.2 Å². The molecule has 2 heterocycles. The van der Waals surface area contributed by atoms with Gasteiger partial charge in [0.2, 0.25) is 5.82 Å². The number of carbonyl (C=O) groups excluding carboxylic acids is 1. The lowest BCUT2D eigenvalue weighted by Crippen LogP contribution is -2.51. The Balaban J connectivity index is 0.00000225. The molecular weight excluding hydrogens is 361 g/mol. The molecule has 8 heteroatoms. The second-order valence-corrected chi connectivity index (χ2v) is 6.48. The van der Waals surface area contributed by atoms with Gasteiger partial charge < -0.3 is 10.2 Å². The van der Waals surface area contributed by atoms with Crippen molar-refractivity contribution in [3.63, 3.8) is 0 Å². The number of aromatic nitrogens is 3. The van der Waals surface area contributed by atoms with Crippen LogP contribution in [-0.4, -0.2) is 51.2 Å². The molecule has 1 N–H and O–H groups in total. The van der Waals surface area contributed by atoms with Crippen LogP contribution in [-0.2, 0) is 6.42 Å². The average Bonchev–Trinajstić information content (AvgIpc) is 2.99. The number of halogens is 2.